The van der Waals surface area contributed by atoms with Gasteiger partial charge in [0.25, 0.3) is 0 Å². The van der Waals surface area contributed by atoms with Crippen LogP contribution in [0, 0.1) is 31.6 Å². The molecule has 0 unspecified atom stereocenters. The average Bonchev–Trinajstić information content (AvgIpc) is 3.66. The molecule has 1 saturated heterocycles. The SMILES string of the molecule is CC(C)CC(=O)OC(=O)CC(C)C.Cc1cc(B2OC(C)(C)C(C)(C)O2)cn2ncnc12.Cc1cc(C(=O)CC(C)C)cn2ncnc12.[I-]. The van der Waals surface area contributed by atoms with Crippen molar-refractivity contribution in [2.45, 2.75) is 114 Å². The largest absolute Gasteiger partial charge is 1.00 e. The maximum absolute atomic E-state index is 11.9. The molecular weight excluding hydrogens is 738 g/mol. The van der Waals surface area contributed by atoms with Crippen molar-refractivity contribution in [3.8, 4) is 0 Å². The van der Waals surface area contributed by atoms with E-state index in [1.54, 1.807) is 21.6 Å². The highest BCUT2D eigenvalue weighted by atomic mass is 127. The fourth-order valence-electron chi connectivity index (χ4n) is 4.84. The molecular formula is C35H51BIN6O6-. The second kappa shape index (κ2) is 17.6. The molecule has 0 bridgehead atoms. The van der Waals surface area contributed by atoms with Gasteiger partial charge in [-0.3, -0.25) is 14.4 Å². The lowest BCUT2D eigenvalue weighted by Gasteiger charge is -2.32. The average molecular weight is 790 g/mol. The molecule has 0 aromatic carbocycles. The Labute approximate surface area is 307 Å². The summed E-state index contributed by atoms with van der Waals surface area (Å²) in [6, 6.07) is 3.93. The minimum Gasteiger partial charge on any atom is -1.00 e. The van der Waals surface area contributed by atoms with E-state index in [1.807, 2.05) is 101 Å². The number of aryl methyl sites for hydroxylation is 2. The summed E-state index contributed by atoms with van der Waals surface area (Å²) in [5.41, 5.74) is 4.72. The Balaban J connectivity index is 0.000000258. The molecule has 12 nitrogen and oxygen atoms in total. The van der Waals surface area contributed by atoms with Crippen molar-refractivity contribution >= 4 is 41.6 Å². The van der Waals surface area contributed by atoms with E-state index >= 15 is 0 Å². The van der Waals surface area contributed by atoms with Gasteiger partial charge < -0.3 is 38.0 Å². The van der Waals surface area contributed by atoms with Gasteiger partial charge in [-0.15, -0.1) is 0 Å². The molecule has 1 aliphatic rings. The topological polar surface area (TPSA) is 139 Å². The van der Waals surface area contributed by atoms with Gasteiger partial charge in [0.1, 0.15) is 12.7 Å². The number of carbonyl (C=O) groups excluding carboxylic acids is 3. The van der Waals surface area contributed by atoms with Gasteiger partial charge in [-0.1, -0.05) is 47.6 Å². The van der Waals surface area contributed by atoms with Gasteiger partial charge in [0.15, 0.2) is 17.1 Å². The zero-order valence-corrected chi connectivity index (χ0v) is 33.1. The highest BCUT2D eigenvalue weighted by Crippen LogP contribution is 2.36. The van der Waals surface area contributed by atoms with Crippen molar-refractivity contribution in [3.05, 3.63) is 53.9 Å². The summed E-state index contributed by atoms with van der Waals surface area (Å²) in [6.07, 6.45) is 7.90. The fourth-order valence-corrected chi connectivity index (χ4v) is 4.84. The number of pyridine rings is 2. The fraction of sp³-hybridized carbons (Fsp3) is 0.571. The maximum Gasteiger partial charge on any atom is 0.496 e. The van der Waals surface area contributed by atoms with Gasteiger partial charge in [0.2, 0.25) is 0 Å². The first-order valence-corrected chi connectivity index (χ1v) is 16.5. The van der Waals surface area contributed by atoms with Crippen molar-refractivity contribution in [2.24, 2.45) is 17.8 Å². The normalized spacial score (nSPS) is 14.7. The molecule has 14 heteroatoms. The summed E-state index contributed by atoms with van der Waals surface area (Å²) in [7, 11) is -0.364. The lowest BCUT2D eigenvalue weighted by atomic mass is 9.80. The Hall–Kier alpha value is -3.24. The van der Waals surface area contributed by atoms with Crippen LogP contribution in [0.3, 0.4) is 0 Å². The third kappa shape index (κ3) is 11.7. The Kier molecular flexibility index (Phi) is 15.1. The van der Waals surface area contributed by atoms with Crippen LogP contribution in [0.25, 0.3) is 11.3 Å². The van der Waals surface area contributed by atoms with E-state index < -0.39 is 11.9 Å². The minimum absolute atomic E-state index is 0. The Morgan fingerprint density at radius 1 is 0.735 bits per heavy atom. The van der Waals surface area contributed by atoms with Gasteiger partial charge in [-0.05, 0) is 76.5 Å². The van der Waals surface area contributed by atoms with Gasteiger partial charge in [0.05, 0.1) is 11.2 Å². The molecule has 0 saturated carbocycles. The zero-order valence-electron chi connectivity index (χ0n) is 30.9. The molecule has 0 N–H and O–H groups in total. The van der Waals surface area contributed by atoms with E-state index in [1.165, 1.54) is 6.33 Å². The zero-order chi connectivity index (χ0) is 36.0. The molecule has 49 heavy (non-hydrogen) atoms. The van der Waals surface area contributed by atoms with Crippen LogP contribution in [0.1, 0.15) is 110 Å². The molecule has 268 valence electrons. The molecule has 0 radical (unpaired) electrons. The smallest absolute Gasteiger partial charge is 0.496 e. The van der Waals surface area contributed by atoms with Crippen LogP contribution in [0.2, 0.25) is 0 Å². The van der Waals surface area contributed by atoms with Crippen LogP contribution in [0.4, 0.5) is 0 Å². The Morgan fingerprint density at radius 3 is 1.61 bits per heavy atom. The number of Topliss-reactive ketones (excluding diaryl/α,β-unsaturated/α-hetero) is 1. The number of hydrogen-bond acceptors (Lipinski definition) is 10. The van der Waals surface area contributed by atoms with Gasteiger partial charge in [-0.2, -0.15) is 10.2 Å². The number of esters is 2. The number of aromatic nitrogens is 6. The van der Waals surface area contributed by atoms with Crippen LogP contribution < -0.4 is 29.4 Å². The Morgan fingerprint density at radius 2 is 1.16 bits per heavy atom. The molecule has 4 aromatic heterocycles. The maximum atomic E-state index is 11.9. The van der Waals surface area contributed by atoms with E-state index in [4.69, 9.17) is 9.31 Å². The van der Waals surface area contributed by atoms with Crippen LogP contribution >= 0.6 is 0 Å². The standard InChI is InChI=1S/C13H18BN3O2.C12H15N3O.C10H18O3.HI/c1-9-6-10(7-17-11(9)15-8-16-17)14-18-12(2,3)13(4,5)19-14;1-8(2)4-11(16)10-5-9(3)12-13-7-14-15(12)6-10;1-7(2)5-9(11)13-10(12)6-8(3)4;/h6-8H,1-5H3;5-8H,4H2,1-3H3;7-8H,5-6H2,1-4H3;1H/p-1. The van der Waals surface area contributed by atoms with Gasteiger partial charge >= 0.3 is 19.1 Å². The molecule has 5 heterocycles. The van der Waals surface area contributed by atoms with E-state index in [0.29, 0.717) is 30.7 Å². The summed E-state index contributed by atoms with van der Waals surface area (Å²) in [6.45, 7) is 23.9. The Bertz CT molecular complexity index is 1700. The van der Waals surface area contributed by atoms with E-state index in [-0.39, 0.29) is 59.9 Å². The van der Waals surface area contributed by atoms with Crippen molar-refractivity contribution in [1.82, 2.24) is 29.2 Å². The van der Waals surface area contributed by atoms with Crippen LogP contribution in [-0.2, 0) is 23.6 Å². The molecule has 5 rings (SSSR count). The van der Waals surface area contributed by atoms with E-state index in [9.17, 15) is 14.4 Å². The molecule has 0 atom stereocenters. The first-order chi connectivity index (χ1) is 22.3. The van der Waals surface area contributed by atoms with E-state index in [0.717, 1.165) is 27.9 Å². The first-order valence-electron chi connectivity index (χ1n) is 16.5. The third-order valence-corrected chi connectivity index (χ3v) is 7.96. The summed E-state index contributed by atoms with van der Waals surface area (Å²) in [5.74, 6) is 0.176. The molecule has 4 aromatic rings. The molecule has 0 aliphatic carbocycles. The second-order valence-electron chi connectivity index (χ2n) is 14.6. The minimum atomic E-state index is -0.416. The predicted molar refractivity (Wildman–Crippen MR) is 185 cm³/mol. The molecule has 1 fully saturated rings. The summed E-state index contributed by atoms with van der Waals surface area (Å²) in [5, 5.41) is 8.23. The number of ketones is 1. The van der Waals surface area contributed by atoms with Crippen LogP contribution in [-0.4, -0.2) is 65.2 Å². The number of halogens is 1. The number of hydrogen-bond donors (Lipinski definition) is 0. The van der Waals surface area contributed by atoms with Crippen LogP contribution in [0.15, 0.2) is 37.2 Å². The van der Waals surface area contributed by atoms with Crippen molar-refractivity contribution in [1.29, 1.82) is 0 Å². The van der Waals surface area contributed by atoms with Crippen LogP contribution in [0.5, 0.6) is 0 Å². The van der Waals surface area contributed by atoms with Gasteiger partial charge in [0, 0.05) is 42.7 Å². The number of carbonyl (C=O) groups is 3. The molecule has 0 spiro atoms. The van der Waals surface area contributed by atoms with Gasteiger partial charge in [-0.25, -0.2) is 19.0 Å². The lowest BCUT2D eigenvalue weighted by molar-refractivity contribution is -0.160. The number of rotatable bonds is 8. The second-order valence-corrected chi connectivity index (χ2v) is 14.6. The summed E-state index contributed by atoms with van der Waals surface area (Å²) < 4.78 is 20.1. The third-order valence-electron chi connectivity index (χ3n) is 7.96. The lowest BCUT2D eigenvalue weighted by Crippen LogP contribution is -3.00. The molecule has 1 aliphatic heterocycles. The quantitative estimate of drug-likeness (QED) is 0.0862. The number of nitrogens with zero attached hydrogens (tertiary/aromatic N) is 6. The number of fused-ring (bicyclic) bond motifs is 2. The van der Waals surface area contributed by atoms with Crippen molar-refractivity contribution in [3.63, 3.8) is 0 Å². The predicted octanol–water partition coefficient (Wildman–Crippen LogP) is 2.76. The van der Waals surface area contributed by atoms with Crippen molar-refractivity contribution < 1.29 is 52.4 Å². The monoisotopic (exact) mass is 789 g/mol. The molecule has 0 amide bonds. The highest BCUT2D eigenvalue weighted by molar-refractivity contribution is 6.62. The first kappa shape index (κ1) is 41.9. The number of ether oxygens (including phenoxy) is 1. The summed E-state index contributed by atoms with van der Waals surface area (Å²) >= 11 is 0. The van der Waals surface area contributed by atoms with E-state index in [2.05, 4.69) is 24.9 Å². The highest BCUT2D eigenvalue weighted by Gasteiger charge is 2.51. The van der Waals surface area contributed by atoms with Crippen molar-refractivity contribution in [2.75, 3.05) is 0 Å². The summed E-state index contributed by atoms with van der Waals surface area (Å²) in [4.78, 5) is 42.2.